The van der Waals surface area contributed by atoms with Gasteiger partial charge < -0.3 is 5.32 Å². The molecule has 0 atom stereocenters. The van der Waals surface area contributed by atoms with E-state index >= 15 is 0 Å². The van der Waals surface area contributed by atoms with Gasteiger partial charge in [-0.15, -0.1) is 5.10 Å². The summed E-state index contributed by atoms with van der Waals surface area (Å²) in [5.41, 5.74) is 3.76. The molecule has 1 amide bonds. The molecule has 1 aromatic heterocycles. The number of carbonyl (C=O) groups is 1. The van der Waals surface area contributed by atoms with Gasteiger partial charge >= 0.3 is 0 Å². The number of amides is 1. The molecular weight excluding hydrogens is 353 g/mol. The fourth-order valence-corrected chi connectivity index (χ4v) is 3.20. The smallest absolute Gasteiger partial charge is 0.225 e. The SMILES string of the molecule is Cc1cccc(-n2nnnc2SCCC(=O)Nc2ccc(F)cc2)c1C. The second-order valence-corrected chi connectivity index (χ2v) is 6.81. The van der Waals surface area contributed by atoms with Gasteiger partial charge in [0, 0.05) is 17.9 Å². The number of aryl methyl sites for hydroxylation is 1. The van der Waals surface area contributed by atoms with Crippen molar-refractivity contribution in [3.8, 4) is 5.69 Å². The van der Waals surface area contributed by atoms with Crippen molar-refractivity contribution in [2.75, 3.05) is 11.1 Å². The summed E-state index contributed by atoms with van der Waals surface area (Å²) in [6, 6.07) is 11.6. The van der Waals surface area contributed by atoms with Crippen LogP contribution in [0.1, 0.15) is 17.5 Å². The van der Waals surface area contributed by atoms with E-state index in [1.165, 1.54) is 36.0 Å². The van der Waals surface area contributed by atoms with E-state index in [4.69, 9.17) is 0 Å². The second-order valence-electron chi connectivity index (χ2n) is 5.75. The maximum Gasteiger partial charge on any atom is 0.225 e. The summed E-state index contributed by atoms with van der Waals surface area (Å²) < 4.78 is 14.6. The Morgan fingerprint density at radius 1 is 1.19 bits per heavy atom. The van der Waals surface area contributed by atoms with Gasteiger partial charge in [0.1, 0.15) is 5.82 Å². The summed E-state index contributed by atoms with van der Waals surface area (Å²) in [7, 11) is 0. The zero-order valence-corrected chi connectivity index (χ0v) is 15.3. The van der Waals surface area contributed by atoms with Crippen LogP contribution in [0.25, 0.3) is 5.69 Å². The van der Waals surface area contributed by atoms with E-state index in [1.807, 2.05) is 32.0 Å². The van der Waals surface area contributed by atoms with Gasteiger partial charge in [-0.25, -0.2) is 4.39 Å². The van der Waals surface area contributed by atoms with E-state index in [0.717, 1.165) is 16.8 Å². The topological polar surface area (TPSA) is 72.7 Å². The van der Waals surface area contributed by atoms with Gasteiger partial charge in [-0.05, 0) is 65.7 Å². The first-order valence-corrected chi connectivity index (χ1v) is 9.06. The van der Waals surface area contributed by atoms with Crippen molar-refractivity contribution in [1.82, 2.24) is 20.2 Å². The van der Waals surface area contributed by atoms with Gasteiger partial charge in [0.2, 0.25) is 11.1 Å². The molecule has 0 saturated carbocycles. The Balaban J connectivity index is 1.59. The zero-order valence-electron chi connectivity index (χ0n) is 14.4. The zero-order chi connectivity index (χ0) is 18.5. The molecule has 1 heterocycles. The molecule has 0 aliphatic heterocycles. The van der Waals surface area contributed by atoms with Gasteiger partial charge in [0.05, 0.1) is 5.69 Å². The minimum Gasteiger partial charge on any atom is -0.326 e. The lowest BCUT2D eigenvalue weighted by atomic mass is 10.1. The third-order valence-corrected chi connectivity index (χ3v) is 4.85. The first kappa shape index (κ1) is 18.1. The summed E-state index contributed by atoms with van der Waals surface area (Å²) in [5.74, 6) is 0.0462. The summed E-state index contributed by atoms with van der Waals surface area (Å²) in [6.07, 6.45) is 0.293. The Bertz CT molecular complexity index is 910. The molecule has 1 N–H and O–H groups in total. The van der Waals surface area contributed by atoms with E-state index in [-0.39, 0.29) is 11.7 Å². The summed E-state index contributed by atoms with van der Waals surface area (Å²) >= 11 is 1.41. The van der Waals surface area contributed by atoms with Crippen LogP contribution < -0.4 is 5.32 Å². The Morgan fingerprint density at radius 3 is 2.73 bits per heavy atom. The van der Waals surface area contributed by atoms with Crippen LogP contribution in [0.5, 0.6) is 0 Å². The highest BCUT2D eigenvalue weighted by molar-refractivity contribution is 7.99. The molecule has 0 aliphatic carbocycles. The summed E-state index contributed by atoms with van der Waals surface area (Å²) in [6.45, 7) is 4.06. The van der Waals surface area contributed by atoms with Gasteiger partial charge in [-0.3, -0.25) is 4.79 Å². The second kappa shape index (κ2) is 8.09. The standard InChI is InChI=1S/C18H18FN5OS/c1-12-4-3-5-16(13(12)2)24-18(21-22-23-24)26-11-10-17(25)20-15-8-6-14(19)7-9-15/h3-9H,10-11H2,1-2H3,(H,20,25). The van der Waals surface area contributed by atoms with Crippen LogP contribution in [0.15, 0.2) is 47.6 Å². The Labute approximate surface area is 154 Å². The lowest BCUT2D eigenvalue weighted by Crippen LogP contribution is -2.12. The first-order chi connectivity index (χ1) is 12.5. The van der Waals surface area contributed by atoms with Crippen molar-refractivity contribution in [1.29, 1.82) is 0 Å². The van der Waals surface area contributed by atoms with Crippen molar-refractivity contribution in [3.63, 3.8) is 0 Å². The minimum atomic E-state index is -0.336. The number of hydrogen-bond acceptors (Lipinski definition) is 5. The van der Waals surface area contributed by atoms with Crippen molar-refractivity contribution in [2.24, 2.45) is 0 Å². The largest absolute Gasteiger partial charge is 0.326 e. The quantitative estimate of drug-likeness (QED) is 0.671. The number of thioether (sulfide) groups is 1. The van der Waals surface area contributed by atoms with Crippen molar-refractivity contribution < 1.29 is 9.18 Å². The van der Waals surface area contributed by atoms with E-state index in [1.54, 1.807) is 4.68 Å². The Kier molecular flexibility index (Phi) is 5.62. The number of rotatable bonds is 6. The highest BCUT2D eigenvalue weighted by Crippen LogP contribution is 2.22. The maximum atomic E-state index is 12.9. The van der Waals surface area contributed by atoms with E-state index in [0.29, 0.717) is 23.0 Å². The summed E-state index contributed by atoms with van der Waals surface area (Å²) in [4.78, 5) is 12.0. The predicted octanol–water partition coefficient (Wildman–Crippen LogP) is 3.54. The van der Waals surface area contributed by atoms with Crippen LogP contribution in [0.4, 0.5) is 10.1 Å². The molecular formula is C18H18FN5OS. The molecule has 26 heavy (non-hydrogen) atoms. The molecule has 0 radical (unpaired) electrons. The normalized spacial score (nSPS) is 10.7. The molecule has 0 spiro atoms. The molecule has 0 saturated heterocycles. The Hall–Kier alpha value is -2.74. The maximum absolute atomic E-state index is 12.9. The van der Waals surface area contributed by atoms with Gasteiger partial charge in [-0.1, -0.05) is 23.9 Å². The number of anilines is 1. The predicted molar refractivity (Wildman–Crippen MR) is 99.0 cm³/mol. The van der Waals surface area contributed by atoms with E-state index in [2.05, 4.69) is 20.8 Å². The van der Waals surface area contributed by atoms with E-state index in [9.17, 15) is 9.18 Å². The lowest BCUT2D eigenvalue weighted by Gasteiger charge is -2.09. The van der Waals surface area contributed by atoms with Crippen molar-refractivity contribution in [3.05, 3.63) is 59.4 Å². The van der Waals surface area contributed by atoms with Crippen LogP contribution in [-0.4, -0.2) is 31.9 Å². The minimum absolute atomic E-state index is 0.144. The highest BCUT2D eigenvalue weighted by Gasteiger charge is 2.12. The van der Waals surface area contributed by atoms with Crippen molar-refractivity contribution >= 4 is 23.4 Å². The molecule has 0 aliphatic rings. The van der Waals surface area contributed by atoms with Gasteiger partial charge in [-0.2, -0.15) is 4.68 Å². The Morgan fingerprint density at radius 2 is 1.96 bits per heavy atom. The summed E-state index contributed by atoms with van der Waals surface area (Å²) in [5, 5.41) is 15.2. The number of aromatic nitrogens is 4. The monoisotopic (exact) mass is 371 g/mol. The fourth-order valence-electron chi connectivity index (χ4n) is 2.38. The number of nitrogens with one attached hydrogen (secondary N) is 1. The molecule has 8 heteroatoms. The first-order valence-electron chi connectivity index (χ1n) is 8.08. The molecule has 3 aromatic rings. The molecule has 0 unspecified atom stereocenters. The average molecular weight is 371 g/mol. The number of hydrogen-bond donors (Lipinski definition) is 1. The van der Waals surface area contributed by atoms with Gasteiger partial charge in [0.15, 0.2) is 0 Å². The highest BCUT2D eigenvalue weighted by atomic mass is 32.2. The third-order valence-electron chi connectivity index (χ3n) is 3.93. The fraction of sp³-hybridized carbons (Fsp3) is 0.222. The van der Waals surface area contributed by atoms with Crippen LogP contribution in [0.2, 0.25) is 0 Å². The number of carbonyl (C=O) groups excluding carboxylic acids is 1. The van der Waals surface area contributed by atoms with Crippen LogP contribution in [-0.2, 0) is 4.79 Å². The average Bonchev–Trinajstić information content (AvgIpc) is 3.08. The van der Waals surface area contributed by atoms with Crippen molar-refractivity contribution in [2.45, 2.75) is 25.4 Å². The van der Waals surface area contributed by atoms with Crippen LogP contribution in [0, 0.1) is 19.7 Å². The van der Waals surface area contributed by atoms with E-state index < -0.39 is 0 Å². The molecule has 6 nitrogen and oxygen atoms in total. The lowest BCUT2D eigenvalue weighted by molar-refractivity contribution is -0.115. The van der Waals surface area contributed by atoms with Gasteiger partial charge in [0.25, 0.3) is 0 Å². The molecule has 0 fully saturated rings. The van der Waals surface area contributed by atoms with Crippen LogP contribution in [0.3, 0.4) is 0 Å². The molecule has 3 rings (SSSR count). The third kappa shape index (κ3) is 4.26. The number of nitrogens with zero attached hydrogens (tertiary/aromatic N) is 4. The number of halogens is 1. The number of tetrazole rings is 1. The molecule has 134 valence electrons. The number of benzene rings is 2. The molecule has 0 bridgehead atoms. The van der Waals surface area contributed by atoms with Crippen LogP contribution >= 0.6 is 11.8 Å². The molecule has 2 aromatic carbocycles.